The lowest BCUT2D eigenvalue weighted by atomic mass is 9.86. The van der Waals surface area contributed by atoms with Crippen LogP contribution in [0.25, 0.3) is 0 Å². The van der Waals surface area contributed by atoms with Gasteiger partial charge in [-0.25, -0.2) is 0 Å². The van der Waals surface area contributed by atoms with Gasteiger partial charge in [-0.1, -0.05) is 20.8 Å². The lowest BCUT2D eigenvalue weighted by Crippen LogP contribution is -2.48. The molecular formula is C17H34N2O. The predicted octanol–water partition coefficient (Wildman–Crippen LogP) is 2.90. The van der Waals surface area contributed by atoms with Gasteiger partial charge < -0.3 is 10.1 Å². The normalized spacial score (nSPS) is 39.3. The average molecular weight is 282 g/mol. The Morgan fingerprint density at radius 1 is 1.15 bits per heavy atom. The van der Waals surface area contributed by atoms with Crippen molar-refractivity contribution >= 4 is 0 Å². The van der Waals surface area contributed by atoms with Crippen molar-refractivity contribution in [2.45, 2.75) is 71.6 Å². The van der Waals surface area contributed by atoms with Crippen LogP contribution in [-0.4, -0.2) is 49.3 Å². The Balaban J connectivity index is 1.73. The Kier molecular flexibility index (Phi) is 6.31. The fraction of sp³-hybridized carbons (Fsp3) is 1.00. The second kappa shape index (κ2) is 7.77. The minimum Gasteiger partial charge on any atom is -0.372 e. The molecule has 2 aliphatic heterocycles. The third-order valence-electron chi connectivity index (χ3n) is 5.15. The Hall–Kier alpha value is -0.120. The van der Waals surface area contributed by atoms with Crippen LogP contribution in [0.3, 0.4) is 0 Å². The van der Waals surface area contributed by atoms with Crippen molar-refractivity contribution < 1.29 is 4.74 Å². The first-order valence-corrected chi connectivity index (χ1v) is 8.70. The van der Waals surface area contributed by atoms with E-state index in [0.29, 0.717) is 18.2 Å². The zero-order chi connectivity index (χ0) is 14.5. The van der Waals surface area contributed by atoms with E-state index in [2.05, 4.69) is 37.9 Å². The van der Waals surface area contributed by atoms with E-state index in [9.17, 15) is 0 Å². The number of piperidine rings is 1. The molecule has 5 atom stereocenters. The van der Waals surface area contributed by atoms with E-state index in [1.165, 1.54) is 32.2 Å². The van der Waals surface area contributed by atoms with Gasteiger partial charge in [-0.15, -0.1) is 0 Å². The molecule has 2 saturated heterocycles. The molecule has 0 aromatic heterocycles. The van der Waals surface area contributed by atoms with E-state index in [4.69, 9.17) is 4.74 Å². The van der Waals surface area contributed by atoms with Crippen molar-refractivity contribution in [2.24, 2.45) is 11.8 Å². The molecule has 118 valence electrons. The number of hydrogen-bond donors (Lipinski definition) is 1. The third-order valence-corrected chi connectivity index (χ3v) is 5.15. The van der Waals surface area contributed by atoms with Gasteiger partial charge in [-0.05, 0) is 51.0 Å². The summed E-state index contributed by atoms with van der Waals surface area (Å²) in [4.78, 5) is 2.67. The Morgan fingerprint density at radius 3 is 2.65 bits per heavy atom. The van der Waals surface area contributed by atoms with E-state index in [0.717, 1.165) is 31.5 Å². The van der Waals surface area contributed by atoms with Gasteiger partial charge in [0.1, 0.15) is 0 Å². The summed E-state index contributed by atoms with van der Waals surface area (Å²) in [5, 5.41) is 3.49. The van der Waals surface area contributed by atoms with Crippen LogP contribution in [0, 0.1) is 11.8 Å². The van der Waals surface area contributed by atoms with Crippen LogP contribution < -0.4 is 5.32 Å². The first-order valence-electron chi connectivity index (χ1n) is 8.70. The van der Waals surface area contributed by atoms with Gasteiger partial charge >= 0.3 is 0 Å². The standard InChI is InChI=1S/C17H34N2O/c1-5-8-18-10-16-6-7-17(20-16)12-19-11-13(2)9-14(3)15(19)4/h13-18H,5-12H2,1-4H3. The van der Waals surface area contributed by atoms with E-state index in [1.54, 1.807) is 0 Å². The molecule has 0 aromatic rings. The second-order valence-corrected chi connectivity index (χ2v) is 7.17. The van der Waals surface area contributed by atoms with Crippen molar-refractivity contribution in [3.8, 4) is 0 Å². The van der Waals surface area contributed by atoms with Crippen LogP contribution in [0.15, 0.2) is 0 Å². The number of nitrogens with zero attached hydrogens (tertiary/aromatic N) is 1. The smallest absolute Gasteiger partial charge is 0.0707 e. The first-order chi connectivity index (χ1) is 9.60. The van der Waals surface area contributed by atoms with Crippen molar-refractivity contribution in [1.82, 2.24) is 10.2 Å². The van der Waals surface area contributed by atoms with Crippen LogP contribution in [-0.2, 0) is 4.74 Å². The molecule has 2 heterocycles. The van der Waals surface area contributed by atoms with Gasteiger partial charge in [-0.3, -0.25) is 4.90 Å². The maximum atomic E-state index is 6.23. The van der Waals surface area contributed by atoms with Crippen LogP contribution in [0.4, 0.5) is 0 Å². The molecule has 2 aliphatic rings. The monoisotopic (exact) mass is 282 g/mol. The van der Waals surface area contributed by atoms with Gasteiger partial charge in [0.15, 0.2) is 0 Å². The van der Waals surface area contributed by atoms with E-state index < -0.39 is 0 Å². The molecule has 0 amide bonds. The molecule has 0 radical (unpaired) electrons. The van der Waals surface area contributed by atoms with Crippen LogP contribution in [0.1, 0.15) is 53.4 Å². The summed E-state index contributed by atoms with van der Waals surface area (Å²) < 4.78 is 6.23. The predicted molar refractivity (Wildman–Crippen MR) is 85.0 cm³/mol. The van der Waals surface area contributed by atoms with Gasteiger partial charge in [0.05, 0.1) is 12.2 Å². The number of likely N-dealkylation sites (tertiary alicyclic amines) is 1. The molecule has 0 aliphatic carbocycles. The summed E-state index contributed by atoms with van der Waals surface area (Å²) in [5.74, 6) is 1.66. The summed E-state index contributed by atoms with van der Waals surface area (Å²) in [6, 6.07) is 0.715. The molecule has 5 unspecified atom stereocenters. The summed E-state index contributed by atoms with van der Waals surface area (Å²) in [6.07, 6.45) is 5.97. The fourth-order valence-corrected chi connectivity index (χ4v) is 3.84. The molecule has 20 heavy (non-hydrogen) atoms. The second-order valence-electron chi connectivity index (χ2n) is 7.17. The number of nitrogens with one attached hydrogen (secondary N) is 1. The molecule has 0 saturated carbocycles. The zero-order valence-electron chi connectivity index (χ0n) is 13.9. The molecule has 3 nitrogen and oxygen atoms in total. The van der Waals surface area contributed by atoms with Crippen LogP contribution in [0.2, 0.25) is 0 Å². The zero-order valence-corrected chi connectivity index (χ0v) is 13.9. The molecule has 2 fully saturated rings. The lowest BCUT2D eigenvalue weighted by Gasteiger charge is -2.42. The van der Waals surface area contributed by atoms with Crippen molar-refractivity contribution in [3.05, 3.63) is 0 Å². The number of rotatable bonds is 6. The summed E-state index contributed by atoms with van der Waals surface area (Å²) >= 11 is 0. The van der Waals surface area contributed by atoms with E-state index >= 15 is 0 Å². The quantitative estimate of drug-likeness (QED) is 0.758. The molecule has 2 rings (SSSR count). The summed E-state index contributed by atoms with van der Waals surface area (Å²) in [5.41, 5.74) is 0. The van der Waals surface area contributed by atoms with E-state index in [-0.39, 0.29) is 0 Å². The first kappa shape index (κ1) is 16.3. The maximum absolute atomic E-state index is 6.23. The SMILES string of the molecule is CCCNCC1CCC(CN2CC(C)CC(C)C2C)O1. The molecule has 0 bridgehead atoms. The van der Waals surface area contributed by atoms with Crippen molar-refractivity contribution in [3.63, 3.8) is 0 Å². The Bertz CT molecular complexity index is 284. The summed E-state index contributed by atoms with van der Waals surface area (Å²) in [7, 11) is 0. The highest BCUT2D eigenvalue weighted by molar-refractivity contribution is 4.85. The Morgan fingerprint density at radius 2 is 1.90 bits per heavy atom. The minimum atomic E-state index is 0.446. The number of hydrogen-bond acceptors (Lipinski definition) is 3. The van der Waals surface area contributed by atoms with Crippen LogP contribution in [0.5, 0.6) is 0 Å². The van der Waals surface area contributed by atoms with E-state index in [1.807, 2.05) is 0 Å². The van der Waals surface area contributed by atoms with Gasteiger partial charge in [0.2, 0.25) is 0 Å². The fourth-order valence-electron chi connectivity index (χ4n) is 3.84. The molecule has 3 heteroatoms. The Labute approximate surface area is 125 Å². The van der Waals surface area contributed by atoms with Gasteiger partial charge in [0.25, 0.3) is 0 Å². The van der Waals surface area contributed by atoms with Crippen molar-refractivity contribution in [1.29, 1.82) is 0 Å². The average Bonchev–Trinajstić information content (AvgIpc) is 2.83. The molecule has 0 spiro atoms. The molecular weight excluding hydrogens is 248 g/mol. The third kappa shape index (κ3) is 4.44. The minimum absolute atomic E-state index is 0.446. The highest BCUT2D eigenvalue weighted by Crippen LogP contribution is 2.29. The lowest BCUT2D eigenvalue weighted by molar-refractivity contribution is -0.00725. The summed E-state index contributed by atoms with van der Waals surface area (Å²) in [6.45, 7) is 13.9. The molecule has 0 aromatic carbocycles. The van der Waals surface area contributed by atoms with Gasteiger partial charge in [-0.2, -0.15) is 0 Å². The van der Waals surface area contributed by atoms with Crippen LogP contribution >= 0.6 is 0 Å². The topological polar surface area (TPSA) is 24.5 Å². The number of ether oxygens (including phenoxy) is 1. The maximum Gasteiger partial charge on any atom is 0.0707 e. The molecule has 1 N–H and O–H groups in total. The largest absolute Gasteiger partial charge is 0.372 e. The highest BCUT2D eigenvalue weighted by Gasteiger charge is 2.33. The highest BCUT2D eigenvalue weighted by atomic mass is 16.5. The van der Waals surface area contributed by atoms with Crippen molar-refractivity contribution in [2.75, 3.05) is 26.2 Å². The van der Waals surface area contributed by atoms with Gasteiger partial charge in [0, 0.05) is 25.7 Å².